The molecular weight excluding hydrogens is 192 g/mol. The fourth-order valence-electron chi connectivity index (χ4n) is 1.12. The molecule has 0 unspecified atom stereocenters. The topological polar surface area (TPSA) is 84.7 Å². The summed E-state index contributed by atoms with van der Waals surface area (Å²) in [5.41, 5.74) is 10.4. The van der Waals surface area contributed by atoms with Gasteiger partial charge in [-0.3, -0.25) is 9.79 Å². The SMILES string of the molecule is CN(C(N)=NCC(C)(C)C(N)=O)C1CC1. The van der Waals surface area contributed by atoms with Crippen LogP contribution >= 0.6 is 0 Å². The van der Waals surface area contributed by atoms with Gasteiger partial charge in [0.25, 0.3) is 0 Å². The van der Waals surface area contributed by atoms with Crippen LogP contribution in [-0.4, -0.2) is 36.4 Å². The van der Waals surface area contributed by atoms with Crippen LogP contribution < -0.4 is 11.5 Å². The van der Waals surface area contributed by atoms with Crippen LogP contribution in [0.1, 0.15) is 26.7 Å². The van der Waals surface area contributed by atoms with E-state index in [2.05, 4.69) is 4.99 Å². The average Bonchev–Trinajstić information content (AvgIpc) is 2.96. The quantitative estimate of drug-likeness (QED) is 0.504. The number of nitrogens with two attached hydrogens (primary N) is 2. The van der Waals surface area contributed by atoms with Gasteiger partial charge < -0.3 is 16.4 Å². The molecule has 1 aliphatic carbocycles. The molecule has 1 rings (SSSR count). The predicted molar refractivity (Wildman–Crippen MR) is 60.2 cm³/mol. The van der Waals surface area contributed by atoms with Gasteiger partial charge in [-0.2, -0.15) is 0 Å². The number of nitrogens with zero attached hydrogens (tertiary/aromatic N) is 2. The number of carbonyl (C=O) groups excluding carboxylic acids is 1. The maximum atomic E-state index is 11.0. The van der Waals surface area contributed by atoms with Crippen LogP contribution in [0.5, 0.6) is 0 Å². The largest absolute Gasteiger partial charge is 0.370 e. The number of carbonyl (C=O) groups is 1. The Hall–Kier alpha value is -1.26. The highest BCUT2D eigenvalue weighted by Crippen LogP contribution is 2.25. The van der Waals surface area contributed by atoms with E-state index in [9.17, 15) is 4.79 Å². The Labute approximate surface area is 90.5 Å². The minimum absolute atomic E-state index is 0.339. The van der Waals surface area contributed by atoms with E-state index in [-0.39, 0.29) is 5.91 Å². The zero-order valence-corrected chi connectivity index (χ0v) is 9.66. The zero-order chi connectivity index (χ0) is 11.6. The van der Waals surface area contributed by atoms with Gasteiger partial charge in [-0.05, 0) is 26.7 Å². The summed E-state index contributed by atoms with van der Waals surface area (Å²) in [6.07, 6.45) is 2.35. The van der Waals surface area contributed by atoms with Gasteiger partial charge in [0.15, 0.2) is 5.96 Å². The number of hydrogen-bond acceptors (Lipinski definition) is 2. The lowest BCUT2D eigenvalue weighted by molar-refractivity contribution is -0.125. The molecular formula is C10H20N4O. The van der Waals surface area contributed by atoms with E-state index in [1.807, 2.05) is 11.9 Å². The molecule has 1 fully saturated rings. The van der Waals surface area contributed by atoms with E-state index < -0.39 is 5.41 Å². The van der Waals surface area contributed by atoms with Gasteiger partial charge >= 0.3 is 0 Å². The molecule has 0 aromatic heterocycles. The summed E-state index contributed by atoms with van der Waals surface area (Å²) in [5, 5.41) is 0. The molecule has 0 aliphatic heterocycles. The van der Waals surface area contributed by atoms with Crippen molar-refractivity contribution in [1.82, 2.24) is 4.90 Å². The third kappa shape index (κ3) is 3.11. The summed E-state index contributed by atoms with van der Waals surface area (Å²) in [4.78, 5) is 17.2. The first-order valence-corrected chi connectivity index (χ1v) is 5.17. The molecule has 1 amide bonds. The monoisotopic (exact) mass is 212 g/mol. The Morgan fingerprint density at radius 2 is 2.00 bits per heavy atom. The molecule has 0 bridgehead atoms. The van der Waals surface area contributed by atoms with Gasteiger partial charge in [-0.15, -0.1) is 0 Å². The lowest BCUT2D eigenvalue weighted by Gasteiger charge is -2.21. The van der Waals surface area contributed by atoms with Crippen molar-refractivity contribution in [2.24, 2.45) is 21.9 Å². The standard InChI is InChI=1S/C10H20N4O/c1-10(2,8(11)15)6-13-9(12)14(3)7-4-5-7/h7H,4-6H2,1-3H3,(H2,11,15)(H2,12,13). The summed E-state index contributed by atoms with van der Waals surface area (Å²) in [7, 11) is 1.92. The molecule has 0 saturated heterocycles. The smallest absolute Gasteiger partial charge is 0.224 e. The van der Waals surface area contributed by atoms with E-state index in [0.29, 0.717) is 18.5 Å². The minimum atomic E-state index is -0.630. The van der Waals surface area contributed by atoms with Gasteiger partial charge in [0.05, 0.1) is 12.0 Å². The van der Waals surface area contributed by atoms with E-state index in [1.54, 1.807) is 13.8 Å². The lowest BCUT2D eigenvalue weighted by atomic mass is 9.93. The number of primary amides is 1. The summed E-state index contributed by atoms with van der Waals surface area (Å²) in [5.74, 6) is 0.139. The molecule has 86 valence electrons. The van der Waals surface area contributed by atoms with Crippen molar-refractivity contribution in [3.8, 4) is 0 Å². The Kier molecular flexibility index (Phi) is 3.21. The highest BCUT2D eigenvalue weighted by Gasteiger charge is 2.28. The normalized spacial score (nSPS) is 17.7. The van der Waals surface area contributed by atoms with Crippen molar-refractivity contribution in [3.05, 3.63) is 0 Å². The highest BCUT2D eigenvalue weighted by atomic mass is 16.1. The van der Waals surface area contributed by atoms with E-state index in [0.717, 1.165) is 0 Å². The molecule has 5 heteroatoms. The fraction of sp³-hybridized carbons (Fsp3) is 0.800. The molecule has 0 heterocycles. The van der Waals surface area contributed by atoms with Crippen molar-refractivity contribution in [1.29, 1.82) is 0 Å². The second-order valence-corrected chi connectivity index (χ2v) is 4.76. The second kappa shape index (κ2) is 4.08. The summed E-state index contributed by atoms with van der Waals surface area (Å²) < 4.78 is 0. The van der Waals surface area contributed by atoms with Crippen LogP contribution in [0.3, 0.4) is 0 Å². The van der Waals surface area contributed by atoms with Crippen molar-refractivity contribution in [2.75, 3.05) is 13.6 Å². The molecule has 1 saturated carbocycles. The Morgan fingerprint density at radius 1 is 1.47 bits per heavy atom. The summed E-state index contributed by atoms with van der Waals surface area (Å²) >= 11 is 0. The Morgan fingerprint density at radius 3 is 2.40 bits per heavy atom. The lowest BCUT2D eigenvalue weighted by Crippen LogP contribution is -2.39. The van der Waals surface area contributed by atoms with Crippen LogP contribution in [0.25, 0.3) is 0 Å². The molecule has 5 nitrogen and oxygen atoms in total. The fourth-order valence-corrected chi connectivity index (χ4v) is 1.12. The van der Waals surface area contributed by atoms with Gasteiger partial charge in [-0.25, -0.2) is 0 Å². The van der Waals surface area contributed by atoms with Crippen LogP contribution in [0.4, 0.5) is 0 Å². The Balaban J connectivity index is 2.52. The van der Waals surface area contributed by atoms with Crippen molar-refractivity contribution >= 4 is 11.9 Å². The molecule has 1 aliphatic rings. The molecule has 4 N–H and O–H groups in total. The first-order valence-electron chi connectivity index (χ1n) is 5.17. The zero-order valence-electron chi connectivity index (χ0n) is 9.66. The van der Waals surface area contributed by atoms with E-state index >= 15 is 0 Å². The third-order valence-electron chi connectivity index (χ3n) is 2.76. The second-order valence-electron chi connectivity index (χ2n) is 4.76. The maximum Gasteiger partial charge on any atom is 0.224 e. The molecule has 0 atom stereocenters. The first-order chi connectivity index (χ1) is 6.84. The predicted octanol–water partition coefficient (Wildman–Crippen LogP) is -0.0932. The molecule has 0 aromatic carbocycles. The van der Waals surface area contributed by atoms with E-state index in [1.165, 1.54) is 12.8 Å². The Bertz CT molecular complexity index is 281. The van der Waals surface area contributed by atoms with Gasteiger partial charge in [0, 0.05) is 13.1 Å². The third-order valence-corrected chi connectivity index (χ3v) is 2.76. The van der Waals surface area contributed by atoms with Crippen LogP contribution in [0, 0.1) is 5.41 Å². The molecule has 0 aromatic rings. The van der Waals surface area contributed by atoms with Gasteiger partial charge in [-0.1, -0.05) is 0 Å². The van der Waals surface area contributed by atoms with Crippen LogP contribution in [0.2, 0.25) is 0 Å². The van der Waals surface area contributed by atoms with Crippen molar-refractivity contribution < 1.29 is 4.79 Å². The number of amides is 1. The van der Waals surface area contributed by atoms with Gasteiger partial charge in [0.1, 0.15) is 0 Å². The molecule has 15 heavy (non-hydrogen) atoms. The van der Waals surface area contributed by atoms with Crippen LogP contribution in [0.15, 0.2) is 4.99 Å². The minimum Gasteiger partial charge on any atom is -0.370 e. The summed E-state index contributed by atoms with van der Waals surface area (Å²) in [6, 6.07) is 0.533. The van der Waals surface area contributed by atoms with E-state index in [4.69, 9.17) is 11.5 Å². The molecule has 0 spiro atoms. The highest BCUT2D eigenvalue weighted by molar-refractivity contribution is 5.82. The summed E-state index contributed by atoms with van der Waals surface area (Å²) in [6.45, 7) is 3.87. The number of aliphatic imine (C=N–C) groups is 1. The van der Waals surface area contributed by atoms with Crippen LogP contribution in [-0.2, 0) is 4.79 Å². The maximum absolute atomic E-state index is 11.0. The van der Waals surface area contributed by atoms with Crippen molar-refractivity contribution in [3.63, 3.8) is 0 Å². The van der Waals surface area contributed by atoms with Crippen molar-refractivity contribution in [2.45, 2.75) is 32.7 Å². The first kappa shape index (κ1) is 11.8. The molecule has 0 radical (unpaired) electrons. The number of rotatable bonds is 4. The number of guanidine groups is 1. The van der Waals surface area contributed by atoms with Gasteiger partial charge in [0.2, 0.25) is 5.91 Å². The number of hydrogen-bond donors (Lipinski definition) is 2. The average molecular weight is 212 g/mol.